The fourth-order valence-electron chi connectivity index (χ4n) is 4.33. The normalized spacial score (nSPS) is 36.1. The molecule has 0 saturated heterocycles. The molecule has 4 heteroatoms. The summed E-state index contributed by atoms with van der Waals surface area (Å²) in [5.41, 5.74) is 4.53. The molecule has 0 bridgehead atoms. The molecule has 0 aromatic heterocycles. The lowest BCUT2D eigenvalue weighted by Crippen LogP contribution is -2.06. The molecule has 2 aliphatic heterocycles. The Hall–Kier alpha value is -1.10. The van der Waals surface area contributed by atoms with Gasteiger partial charge < -0.3 is 9.13 Å². The summed E-state index contributed by atoms with van der Waals surface area (Å²) in [5.74, 6) is 0. The molecule has 0 saturated carbocycles. The Morgan fingerprint density at radius 3 is 1.50 bits per heavy atom. The number of rotatable bonds is 1. The molecule has 2 heterocycles. The second-order valence-corrected chi connectivity index (χ2v) is 13.4. The molecule has 114 valence electrons. The zero-order valence-corrected chi connectivity index (χ0v) is 14.7. The van der Waals surface area contributed by atoms with Gasteiger partial charge in [-0.15, -0.1) is 0 Å². The maximum absolute atomic E-state index is 13.4. The molecule has 0 radical (unpaired) electrons. The van der Waals surface area contributed by atoms with E-state index < -0.39 is 14.3 Å². The molecule has 0 aliphatic carbocycles. The molecule has 4 atom stereocenters. The second-order valence-electron chi connectivity index (χ2n) is 6.95. The SMILES string of the molecule is CP1(=O)Cc2ccccc2C1C1c2ccccc2CP1(C)=O. The van der Waals surface area contributed by atoms with Crippen LogP contribution < -0.4 is 0 Å². The Balaban J connectivity index is 1.94. The highest BCUT2D eigenvalue weighted by Crippen LogP contribution is 2.79. The molecule has 4 rings (SSSR count). The molecular formula is C18H20O2P2. The molecule has 4 unspecified atom stereocenters. The lowest BCUT2D eigenvalue weighted by molar-refractivity contribution is 0.556. The smallest absolute Gasteiger partial charge is 0.0971 e. The predicted molar refractivity (Wildman–Crippen MR) is 92.8 cm³/mol. The molecule has 2 aliphatic rings. The van der Waals surface area contributed by atoms with Gasteiger partial charge in [0.2, 0.25) is 0 Å². The van der Waals surface area contributed by atoms with Crippen molar-refractivity contribution in [3.63, 3.8) is 0 Å². The fraction of sp³-hybridized carbons (Fsp3) is 0.333. The van der Waals surface area contributed by atoms with Crippen LogP contribution in [-0.4, -0.2) is 13.3 Å². The van der Waals surface area contributed by atoms with Crippen molar-refractivity contribution in [1.82, 2.24) is 0 Å². The molecular weight excluding hydrogens is 310 g/mol. The molecule has 0 amide bonds. The van der Waals surface area contributed by atoms with E-state index in [1.54, 1.807) is 0 Å². The van der Waals surface area contributed by atoms with Crippen LogP contribution in [0.1, 0.15) is 33.6 Å². The van der Waals surface area contributed by atoms with E-state index in [1.165, 1.54) is 11.1 Å². The summed E-state index contributed by atoms with van der Waals surface area (Å²) in [6, 6.07) is 16.4. The van der Waals surface area contributed by atoms with Crippen LogP contribution in [0.3, 0.4) is 0 Å². The van der Waals surface area contributed by atoms with Gasteiger partial charge in [0.1, 0.15) is 0 Å². The number of hydrogen-bond acceptors (Lipinski definition) is 2. The standard InChI is InChI=1S/C18H20O2P2/c1-21(19)11-13-7-3-5-9-15(13)17(21)18-16-10-6-4-8-14(16)12-22(18,2)20/h3-10,17-18H,11-12H2,1-2H3. The summed E-state index contributed by atoms with van der Waals surface area (Å²) < 4.78 is 26.7. The lowest BCUT2D eigenvalue weighted by Gasteiger charge is -2.28. The van der Waals surface area contributed by atoms with Crippen molar-refractivity contribution in [2.75, 3.05) is 13.3 Å². The van der Waals surface area contributed by atoms with Crippen LogP contribution in [0.2, 0.25) is 0 Å². The first-order valence-corrected chi connectivity index (χ1v) is 12.5. The summed E-state index contributed by atoms with van der Waals surface area (Å²) in [4.78, 5) is 0. The third kappa shape index (κ3) is 2.01. The third-order valence-electron chi connectivity index (χ3n) is 5.19. The largest absolute Gasteiger partial charge is 0.323 e. The van der Waals surface area contributed by atoms with Gasteiger partial charge in [0.05, 0.1) is 25.6 Å². The van der Waals surface area contributed by atoms with E-state index in [2.05, 4.69) is 24.3 Å². The Morgan fingerprint density at radius 2 is 1.09 bits per heavy atom. The molecule has 0 fully saturated rings. The first kappa shape index (κ1) is 14.5. The van der Waals surface area contributed by atoms with E-state index >= 15 is 0 Å². The van der Waals surface area contributed by atoms with Gasteiger partial charge in [-0.05, 0) is 35.6 Å². The van der Waals surface area contributed by atoms with Gasteiger partial charge >= 0.3 is 0 Å². The van der Waals surface area contributed by atoms with Gasteiger partial charge in [-0.25, -0.2) is 0 Å². The van der Waals surface area contributed by atoms with E-state index in [1.807, 2.05) is 37.6 Å². The van der Waals surface area contributed by atoms with E-state index in [-0.39, 0.29) is 11.3 Å². The van der Waals surface area contributed by atoms with Crippen LogP contribution >= 0.6 is 14.3 Å². The summed E-state index contributed by atoms with van der Waals surface area (Å²) in [5, 5.41) is 0. The Labute approximate surface area is 131 Å². The minimum atomic E-state index is -2.39. The van der Waals surface area contributed by atoms with E-state index in [0.717, 1.165) is 11.1 Å². The van der Waals surface area contributed by atoms with Crippen molar-refractivity contribution in [2.45, 2.75) is 23.6 Å². The van der Waals surface area contributed by atoms with Crippen molar-refractivity contribution in [2.24, 2.45) is 0 Å². The van der Waals surface area contributed by atoms with Crippen molar-refractivity contribution >= 4 is 14.3 Å². The van der Waals surface area contributed by atoms with E-state index in [9.17, 15) is 9.13 Å². The van der Waals surface area contributed by atoms with Gasteiger partial charge in [-0.1, -0.05) is 48.5 Å². The van der Waals surface area contributed by atoms with Crippen molar-refractivity contribution < 1.29 is 9.13 Å². The maximum atomic E-state index is 13.4. The van der Waals surface area contributed by atoms with Crippen LogP contribution in [-0.2, 0) is 21.5 Å². The number of fused-ring (bicyclic) bond motifs is 2. The molecule has 0 spiro atoms. The van der Waals surface area contributed by atoms with Crippen LogP contribution in [0.15, 0.2) is 48.5 Å². The Bertz CT molecular complexity index is 784. The van der Waals surface area contributed by atoms with Crippen LogP contribution in [0.25, 0.3) is 0 Å². The average Bonchev–Trinajstić information content (AvgIpc) is 2.86. The lowest BCUT2D eigenvalue weighted by atomic mass is 9.98. The average molecular weight is 330 g/mol. The minimum absolute atomic E-state index is 0.0804. The minimum Gasteiger partial charge on any atom is -0.323 e. The number of benzene rings is 2. The van der Waals surface area contributed by atoms with Crippen molar-refractivity contribution in [1.29, 1.82) is 0 Å². The predicted octanol–water partition coefficient (Wildman–Crippen LogP) is 5.48. The topological polar surface area (TPSA) is 34.1 Å². The van der Waals surface area contributed by atoms with E-state index in [4.69, 9.17) is 0 Å². The Kier molecular flexibility index (Phi) is 3.09. The first-order valence-electron chi connectivity index (χ1n) is 7.68. The highest BCUT2D eigenvalue weighted by Gasteiger charge is 2.51. The zero-order valence-electron chi connectivity index (χ0n) is 12.9. The summed E-state index contributed by atoms with van der Waals surface area (Å²) in [7, 11) is -4.78. The van der Waals surface area contributed by atoms with Crippen LogP contribution in [0.5, 0.6) is 0 Å². The summed E-state index contributed by atoms with van der Waals surface area (Å²) in [6.45, 7) is 3.80. The summed E-state index contributed by atoms with van der Waals surface area (Å²) >= 11 is 0. The summed E-state index contributed by atoms with van der Waals surface area (Å²) in [6.07, 6.45) is 1.29. The van der Waals surface area contributed by atoms with Crippen LogP contribution in [0, 0.1) is 0 Å². The third-order valence-corrected chi connectivity index (χ3v) is 10.9. The van der Waals surface area contributed by atoms with Gasteiger partial charge in [0, 0.05) is 12.3 Å². The second kappa shape index (κ2) is 4.70. The van der Waals surface area contributed by atoms with Gasteiger partial charge in [0.25, 0.3) is 0 Å². The van der Waals surface area contributed by atoms with Crippen molar-refractivity contribution in [3.05, 3.63) is 70.8 Å². The highest BCUT2D eigenvalue weighted by molar-refractivity contribution is 7.67. The zero-order chi connectivity index (χ0) is 15.5. The van der Waals surface area contributed by atoms with Crippen molar-refractivity contribution in [3.8, 4) is 0 Å². The van der Waals surface area contributed by atoms with Gasteiger partial charge in [-0.2, -0.15) is 0 Å². The highest BCUT2D eigenvalue weighted by atomic mass is 31.2. The van der Waals surface area contributed by atoms with Gasteiger partial charge in [0.15, 0.2) is 0 Å². The van der Waals surface area contributed by atoms with Gasteiger partial charge in [-0.3, -0.25) is 0 Å². The molecule has 22 heavy (non-hydrogen) atoms. The molecule has 0 N–H and O–H groups in total. The Morgan fingerprint density at radius 1 is 0.727 bits per heavy atom. The molecule has 2 nitrogen and oxygen atoms in total. The fourth-order valence-corrected chi connectivity index (χ4v) is 11.5. The molecule has 2 aromatic rings. The monoisotopic (exact) mass is 330 g/mol. The first-order chi connectivity index (χ1) is 10.4. The quantitative estimate of drug-likeness (QED) is 0.649. The van der Waals surface area contributed by atoms with E-state index in [0.29, 0.717) is 12.3 Å². The maximum Gasteiger partial charge on any atom is 0.0971 e. The molecule has 2 aromatic carbocycles. The number of hydrogen-bond donors (Lipinski definition) is 0. The van der Waals surface area contributed by atoms with Crippen LogP contribution in [0.4, 0.5) is 0 Å².